The predicted octanol–water partition coefficient (Wildman–Crippen LogP) is 1.96. The zero-order valence-electron chi connectivity index (χ0n) is 9.01. The molecule has 0 bridgehead atoms. The third-order valence-electron chi connectivity index (χ3n) is 2.14. The Morgan fingerprint density at radius 2 is 2.13 bits per heavy atom. The van der Waals surface area contributed by atoms with Crippen molar-refractivity contribution in [2.45, 2.75) is 20.8 Å². The van der Waals surface area contributed by atoms with Crippen molar-refractivity contribution >= 4 is 14.2 Å². The van der Waals surface area contributed by atoms with Crippen molar-refractivity contribution in [1.29, 1.82) is 0 Å². The minimum atomic E-state index is -2.75. The number of rotatable bonds is 6. The number of allylic oxidation sites excluding steroid dienone is 2. The van der Waals surface area contributed by atoms with E-state index in [1.54, 1.807) is 32.9 Å². The summed E-state index contributed by atoms with van der Waals surface area (Å²) in [6.07, 6.45) is 3.48. The molecule has 0 aromatic carbocycles. The summed E-state index contributed by atoms with van der Waals surface area (Å²) in [6.45, 7) is 4.98. The van der Waals surface area contributed by atoms with Crippen molar-refractivity contribution in [2.75, 3.05) is 6.61 Å². The Balaban J connectivity index is 4.65. The first-order valence-corrected chi connectivity index (χ1v) is 5.60. The molecule has 0 aliphatic heterocycles. The third-order valence-corrected chi connectivity index (χ3v) is 2.51. The van der Waals surface area contributed by atoms with Crippen LogP contribution in [0.2, 0.25) is 0 Å². The maximum absolute atomic E-state index is 10.9. The third kappa shape index (κ3) is 5.02. The van der Waals surface area contributed by atoms with Gasteiger partial charge in [-0.2, -0.15) is 0 Å². The van der Waals surface area contributed by atoms with Gasteiger partial charge in [0.05, 0.1) is 5.92 Å². The molecule has 86 valence electrons. The van der Waals surface area contributed by atoms with E-state index in [9.17, 15) is 9.36 Å². The lowest BCUT2D eigenvalue weighted by molar-refractivity contribution is -0.146. The number of hydrogen-bond donors (Lipinski definition) is 2. The Morgan fingerprint density at radius 3 is 2.47 bits per heavy atom. The van der Waals surface area contributed by atoms with Gasteiger partial charge in [0.25, 0.3) is 0 Å². The van der Waals surface area contributed by atoms with Gasteiger partial charge in [0.15, 0.2) is 0 Å². The molecule has 0 heterocycles. The average Bonchev–Trinajstić information content (AvgIpc) is 2.01. The highest BCUT2D eigenvalue weighted by atomic mass is 31.1. The minimum absolute atomic E-state index is 0.279. The molecule has 0 aromatic heterocycles. The molecule has 5 nitrogen and oxygen atoms in total. The summed E-state index contributed by atoms with van der Waals surface area (Å²) in [7, 11) is -2.75. The van der Waals surface area contributed by atoms with Gasteiger partial charge in [-0.3, -0.25) is 4.79 Å². The van der Waals surface area contributed by atoms with E-state index in [0.717, 1.165) is 0 Å². The number of carboxylic acid groups (broad SMARTS) is 1. The van der Waals surface area contributed by atoms with Crippen molar-refractivity contribution in [2.24, 2.45) is 11.3 Å². The lowest BCUT2D eigenvalue weighted by Crippen LogP contribution is -2.32. The zero-order chi connectivity index (χ0) is 12.1. The van der Waals surface area contributed by atoms with Crippen LogP contribution in [-0.2, 0) is 13.9 Å². The van der Waals surface area contributed by atoms with Crippen molar-refractivity contribution in [1.82, 2.24) is 0 Å². The summed E-state index contributed by atoms with van der Waals surface area (Å²) in [5.74, 6) is -1.89. The largest absolute Gasteiger partial charge is 0.694 e. The summed E-state index contributed by atoms with van der Waals surface area (Å²) in [6, 6.07) is 0. The van der Waals surface area contributed by atoms with E-state index in [1.165, 1.54) is 0 Å². The van der Waals surface area contributed by atoms with E-state index in [1.807, 2.05) is 0 Å². The maximum Gasteiger partial charge on any atom is 0.694 e. The van der Waals surface area contributed by atoms with Crippen molar-refractivity contribution < 1.29 is 23.9 Å². The highest BCUT2D eigenvalue weighted by Gasteiger charge is 2.35. The number of hydrogen-bond acceptors (Lipinski definition) is 3. The number of carbonyl (C=O) groups is 1. The van der Waals surface area contributed by atoms with Crippen LogP contribution in [0.1, 0.15) is 20.8 Å². The zero-order valence-corrected chi connectivity index (χ0v) is 9.90. The standard InChI is InChI=1S/C9H15O5P/c1-4-5-9(2,3)7(8(10)11)6-14-15(12)13/h4-5,7H,6H2,1-3H3,(H-,10,11,12,13)/p+1/b5-4-. The van der Waals surface area contributed by atoms with Crippen LogP contribution >= 0.6 is 8.25 Å². The minimum Gasteiger partial charge on any atom is -0.481 e. The molecular formula is C9H16O5P+. The summed E-state index contributed by atoms with van der Waals surface area (Å²) in [4.78, 5) is 19.4. The molecule has 0 aliphatic carbocycles. The summed E-state index contributed by atoms with van der Waals surface area (Å²) < 4.78 is 14.8. The Hall–Kier alpha value is -0.770. The van der Waals surface area contributed by atoms with Crippen LogP contribution in [0.25, 0.3) is 0 Å². The topological polar surface area (TPSA) is 83.8 Å². The van der Waals surface area contributed by atoms with Crippen molar-refractivity contribution in [3.8, 4) is 0 Å². The SMILES string of the molecule is C/C=C\C(C)(C)C(CO[P+](=O)O)C(=O)O. The predicted molar refractivity (Wildman–Crippen MR) is 55.5 cm³/mol. The van der Waals surface area contributed by atoms with Crippen LogP contribution in [0.5, 0.6) is 0 Å². The molecule has 0 aliphatic rings. The summed E-state index contributed by atoms with van der Waals surface area (Å²) in [5.41, 5.74) is -0.619. The number of carboxylic acids is 1. The molecule has 0 saturated heterocycles. The van der Waals surface area contributed by atoms with E-state index in [4.69, 9.17) is 10.00 Å². The molecular weight excluding hydrogens is 219 g/mol. The normalized spacial score (nSPS) is 15.3. The molecule has 0 saturated carbocycles. The van der Waals surface area contributed by atoms with E-state index < -0.39 is 25.6 Å². The van der Waals surface area contributed by atoms with Gasteiger partial charge in [-0.25, -0.2) is 0 Å². The molecule has 6 heteroatoms. The van der Waals surface area contributed by atoms with Crippen molar-refractivity contribution in [3.63, 3.8) is 0 Å². The summed E-state index contributed by atoms with van der Waals surface area (Å²) >= 11 is 0. The lowest BCUT2D eigenvalue weighted by atomic mass is 9.79. The van der Waals surface area contributed by atoms with E-state index in [0.29, 0.717) is 0 Å². The van der Waals surface area contributed by atoms with Gasteiger partial charge in [-0.15, -0.1) is 9.42 Å². The monoisotopic (exact) mass is 235 g/mol. The van der Waals surface area contributed by atoms with Gasteiger partial charge in [0.1, 0.15) is 6.61 Å². The average molecular weight is 235 g/mol. The fourth-order valence-corrected chi connectivity index (χ4v) is 1.56. The van der Waals surface area contributed by atoms with Crippen LogP contribution in [0, 0.1) is 11.3 Å². The highest BCUT2D eigenvalue weighted by molar-refractivity contribution is 7.32. The first-order chi connectivity index (χ1) is 6.81. The van der Waals surface area contributed by atoms with Gasteiger partial charge in [-0.05, 0) is 12.3 Å². The van der Waals surface area contributed by atoms with Crippen molar-refractivity contribution in [3.05, 3.63) is 12.2 Å². The molecule has 0 rings (SSSR count). The lowest BCUT2D eigenvalue weighted by Gasteiger charge is -2.26. The molecule has 2 N–H and O–H groups in total. The Kier molecular flexibility index (Phi) is 5.65. The molecule has 2 unspecified atom stereocenters. The van der Waals surface area contributed by atoms with Crippen LogP contribution in [0.4, 0.5) is 0 Å². The van der Waals surface area contributed by atoms with Crippen LogP contribution in [-0.4, -0.2) is 22.6 Å². The van der Waals surface area contributed by atoms with Gasteiger partial charge in [-0.1, -0.05) is 26.0 Å². The van der Waals surface area contributed by atoms with E-state index in [2.05, 4.69) is 4.52 Å². The van der Waals surface area contributed by atoms with Crippen LogP contribution < -0.4 is 0 Å². The molecule has 0 spiro atoms. The fraction of sp³-hybridized carbons (Fsp3) is 0.667. The van der Waals surface area contributed by atoms with Gasteiger partial charge >= 0.3 is 14.2 Å². The Bertz CT molecular complexity index is 272. The fourth-order valence-electron chi connectivity index (χ4n) is 1.29. The first kappa shape index (κ1) is 14.2. The molecule has 2 atom stereocenters. The second kappa shape index (κ2) is 5.95. The number of aliphatic carboxylic acids is 1. The molecule has 0 amide bonds. The molecule has 15 heavy (non-hydrogen) atoms. The smallest absolute Gasteiger partial charge is 0.481 e. The molecule has 0 radical (unpaired) electrons. The van der Waals surface area contributed by atoms with E-state index in [-0.39, 0.29) is 6.61 Å². The summed E-state index contributed by atoms with van der Waals surface area (Å²) in [5, 5.41) is 8.96. The quantitative estimate of drug-likeness (QED) is 0.543. The maximum atomic E-state index is 10.9. The van der Waals surface area contributed by atoms with Crippen LogP contribution in [0.3, 0.4) is 0 Å². The second-order valence-electron chi connectivity index (χ2n) is 3.75. The van der Waals surface area contributed by atoms with Gasteiger partial charge < -0.3 is 5.11 Å². The highest BCUT2D eigenvalue weighted by Crippen LogP contribution is 2.31. The van der Waals surface area contributed by atoms with Crippen LogP contribution in [0.15, 0.2) is 12.2 Å². The van der Waals surface area contributed by atoms with E-state index >= 15 is 0 Å². The first-order valence-electron chi connectivity index (χ1n) is 4.47. The molecule has 0 aromatic rings. The van der Waals surface area contributed by atoms with Gasteiger partial charge in [0, 0.05) is 4.57 Å². The van der Waals surface area contributed by atoms with Gasteiger partial charge in [0.2, 0.25) is 0 Å². The Labute approximate surface area is 89.7 Å². The second-order valence-corrected chi connectivity index (χ2v) is 4.48. The Morgan fingerprint density at radius 1 is 1.60 bits per heavy atom. The molecule has 0 fully saturated rings.